The molecule has 0 radical (unpaired) electrons. The molecule has 1 amide bonds. The summed E-state index contributed by atoms with van der Waals surface area (Å²) in [5.74, 6) is -0.146. The molecule has 0 aromatic carbocycles. The van der Waals surface area contributed by atoms with Gasteiger partial charge in [0.2, 0.25) is 5.91 Å². The van der Waals surface area contributed by atoms with Crippen LogP contribution in [0.3, 0.4) is 0 Å². The van der Waals surface area contributed by atoms with Crippen LogP contribution in [0.1, 0.15) is 206 Å². The number of rotatable bonds is 39. The Bertz CT molecular complexity index is 794. The van der Waals surface area contributed by atoms with E-state index in [4.69, 9.17) is 9.05 Å². The maximum atomic E-state index is 12.8. The van der Waals surface area contributed by atoms with Gasteiger partial charge in [-0.1, -0.05) is 187 Å². The zero-order valence-corrected chi connectivity index (χ0v) is 34.8. The Morgan fingerprint density at radius 1 is 0.600 bits per heavy atom. The van der Waals surface area contributed by atoms with Gasteiger partial charge in [-0.05, 0) is 12.8 Å². The van der Waals surface area contributed by atoms with Gasteiger partial charge < -0.3 is 19.8 Å². The summed E-state index contributed by atoms with van der Waals surface area (Å²) in [7, 11) is 1.62. The third-order valence-electron chi connectivity index (χ3n) is 9.86. The van der Waals surface area contributed by atoms with Gasteiger partial charge in [0.1, 0.15) is 13.2 Å². The van der Waals surface area contributed by atoms with Crippen molar-refractivity contribution in [3.8, 4) is 0 Å². The van der Waals surface area contributed by atoms with E-state index in [1.807, 2.05) is 21.1 Å². The van der Waals surface area contributed by atoms with Crippen LogP contribution >= 0.6 is 7.82 Å². The molecule has 0 aliphatic heterocycles. The maximum absolute atomic E-state index is 12.8. The maximum Gasteiger partial charge on any atom is 0.472 e. The normalized spacial score (nSPS) is 14.5. The van der Waals surface area contributed by atoms with Crippen molar-refractivity contribution in [2.24, 2.45) is 0 Å². The number of aliphatic hydroxyl groups excluding tert-OH is 1. The summed E-state index contributed by atoms with van der Waals surface area (Å²) in [6.45, 7) is 4.84. The minimum Gasteiger partial charge on any atom is -0.391 e. The van der Waals surface area contributed by atoms with Crippen molar-refractivity contribution < 1.29 is 32.9 Å². The molecule has 50 heavy (non-hydrogen) atoms. The Kier molecular flexibility index (Phi) is 33.9. The summed E-state index contributed by atoms with van der Waals surface area (Å²) in [4.78, 5) is 23.0. The van der Waals surface area contributed by atoms with Gasteiger partial charge in [0.05, 0.1) is 39.9 Å². The first-order chi connectivity index (χ1) is 24.0. The molecule has 300 valence electrons. The molecule has 9 heteroatoms. The number of amides is 1. The molecule has 3 N–H and O–H groups in total. The van der Waals surface area contributed by atoms with E-state index in [1.54, 1.807) is 0 Å². The fraction of sp³-hybridized carbons (Fsp3) is 0.976. The lowest BCUT2D eigenvalue weighted by Crippen LogP contribution is -2.46. The number of aliphatic hydroxyl groups is 1. The second-order valence-electron chi connectivity index (χ2n) is 16.1. The molecule has 0 aromatic rings. The number of hydrogen-bond acceptors (Lipinski definition) is 5. The highest BCUT2D eigenvalue weighted by atomic mass is 31.2. The molecule has 0 rings (SSSR count). The number of carbonyl (C=O) groups excluding carboxylic acids is 1. The fourth-order valence-electron chi connectivity index (χ4n) is 6.40. The van der Waals surface area contributed by atoms with Crippen LogP contribution in [0.25, 0.3) is 0 Å². The molecule has 0 saturated heterocycles. The molecule has 3 atom stereocenters. The van der Waals surface area contributed by atoms with Crippen molar-refractivity contribution in [1.29, 1.82) is 0 Å². The minimum absolute atomic E-state index is 0.0775. The first kappa shape index (κ1) is 49.5. The largest absolute Gasteiger partial charge is 0.472 e. The molecule has 0 aromatic heterocycles. The van der Waals surface area contributed by atoms with Crippen molar-refractivity contribution in [2.45, 2.75) is 219 Å². The molecule has 0 bridgehead atoms. The van der Waals surface area contributed by atoms with Crippen molar-refractivity contribution in [3.05, 3.63) is 0 Å². The van der Waals surface area contributed by atoms with E-state index >= 15 is 0 Å². The summed E-state index contributed by atoms with van der Waals surface area (Å²) in [5, 5.41) is 13.8. The lowest BCUT2D eigenvalue weighted by atomic mass is 10.0. The number of quaternary nitrogens is 1. The highest BCUT2D eigenvalue weighted by Crippen LogP contribution is 2.43. The highest BCUT2D eigenvalue weighted by molar-refractivity contribution is 7.47. The summed E-state index contributed by atoms with van der Waals surface area (Å²) < 4.78 is 23.4. The quantitative estimate of drug-likeness (QED) is 0.0330. The van der Waals surface area contributed by atoms with Crippen LogP contribution in [0, 0.1) is 0 Å². The Morgan fingerprint density at radius 3 is 1.34 bits per heavy atom. The average molecular weight is 734 g/mol. The van der Waals surface area contributed by atoms with Crippen LogP contribution in [-0.2, 0) is 18.4 Å². The van der Waals surface area contributed by atoms with Crippen molar-refractivity contribution >= 4 is 13.7 Å². The lowest BCUT2D eigenvalue weighted by molar-refractivity contribution is -0.870. The SMILES string of the molecule is CCCCCCCCCCCCCCCCCCCCCCCCC(=O)NC(COP(=O)(O)OCC[N+](C)(C)C)C(O)CCCCCCCC. The minimum atomic E-state index is -4.29. The van der Waals surface area contributed by atoms with Crippen molar-refractivity contribution in [3.63, 3.8) is 0 Å². The monoisotopic (exact) mass is 734 g/mol. The molecule has 8 nitrogen and oxygen atoms in total. The van der Waals surface area contributed by atoms with Crippen molar-refractivity contribution in [1.82, 2.24) is 5.32 Å². The van der Waals surface area contributed by atoms with E-state index in [0.29, 0.717) is 23.9 Å². The fourth-order valence-corrected chi connectivity index (χ4v) is 7.13. The number of likely N-dealkylation sites (N-methyl/N-ethyl adjacent to an activating group) is 1. The standard InChI is InChI=1S/C41H85N2O6P/c1-6-8-10-12-14-15-16-17-18-19-20-21-22-23-24-25-26-27-28-29-31-33-35-41(45)42-39(40(44)34-32-30-13-11-9-7-2)38-49-50(46,47)48-37-36-43(3,4)5/h39-40,44H,6-38H2,1-5H3,(H-,42,45,46,47)/p+1. The predicted molar refractivity (Wildman–Crippen MR) is 212 cm³/mol. The van der Waals surface area contributed by atoms with E-state index in [-0.39, 0.29) is 19.1 Å². The molecule has 0 fully saturated rings. The van der Waals surface area contributed by atoms with Gasteiger partial charge in [0, 0.05) is 6.42 Å². The highest BCUT2D eigenvalue weighted by Gasteiger charge is 2.28. The smallest absolute Gasteiger partial charge is 0.391 e. The van der Waals surface area contributed by atoms with Crippen LogP contribution in [0.15, 0.2) is 0 Å². The first-order valence-corrected chi connectivity index (χ1v) is 22.9. The number of phosphoric ester groups is 1. The Balaban J connectivity index is 4.04. The zero-order valence-electron chi connectivity index (χ0n) is 33.9. The number of nitrogens with one attached hydrogen (secondary N) is 1. The summed E-state index contributed by atoms with van der Waals surface area (Å²) in [5.41, 5.74) is 0. The second-order valence-corrected chi connectivity index (χ2v) is 17.5. The third kappa shape index (κ3) is 35.9. The third-order valence-corrected chi connectivity index (χ3v) is 10.8. The van der Waals surface area contributed by atoms with Gasteiger partial charge in [-0.15, -0.1) is 0 Å². The van der Waals surface area contributed by atoms with E-state index in [0.717, 1.165) is 38.5 Å². The number of hydrogen-bond donors (Lipinski definition) is 3. The van der Waals surface area contributed by atoms with Gasteiger partial charge in [-0.2, -0.15) is 0 Å². The molecule has 0 heterocycles. The predicted octanol–water partition coefficient (Wildman–Crippen LogP) is 11.4. The van der Waals surface area contributed by atoms with Crippen LogP contribution < -0.4 is 5.32 Å². The van der Waals surface area contributed by atoms with Crippen LogP contribution in [0.2, 0.25) is 0 Å². The van der Waals surface area contributed by atoms with E-state index in [1.165, 1.54) is 141 Å². The van der Waals surface area contributed by atoms with Gasteiger partial charge in [0.15, 0.2) is 0 Å². The molecule has 0 aliphatic rings. The number of phosphoric acid groups is 1. The van der Waals surface area contributed by atoms with E-state index in [9.17, 15) is 19.4 Å². The van der Waals surface area contributed by atoms with Gasteiger partial charge in [0.25, 0.3) is 0 Å². The van der Waals surface area contributed by atoms with Gasteiger partial charge in [-0.25, -0.2) is 4.57 Å². The van der Waals surface area contributed by atoms with Crippen LogP contribution in [-0.4, -0.2) is 73.4 Å². The lowest BCUT2D eigenvalue weighted by Gasteiger charge is -2.26. The van der Waals surface area contributed by atoms with Gasteiger partial charge >= 0.3 is 7.82 Å². The molecule has 0 spiro atoms. The van der Waals surface area contributed by atoms with Crippen LogP contribution in [0.5, 0.6) is 0 Å². The Labute approximate surface area is 310 Å². The summed E-state index contributed by atoms with van der Waals surface area (Å²) in [6.07, 6.45) is 35.9. The van der Waals surface area contributed by atoms with Crippen molar-refractivity contribution in [2.75, 3.05) is 40.9 Å². The van der Waals surface area contributed by atoms with Crippen LogP contribution in [0.4, 0.5) is 0 Å². The molecule has 0 aliphatic carbocycles. The van der Waals surface area contributed by atoms with Gasteiger partial charge in [-0.3, -0.25) is 13.8 Å². The zero-order chi connectivity index (χ0) is 37.2. The molecule has 3 unspecified atom stereocenters. The number of carbonyl (C=O) groups is 1. The topological polar surface area (TPSA) is 105 Å². The molecule has 0 saturated carbocycles. The molecular weight excluding hydrogens is 647 g/mol. The number of unbranched alkanes of at least 4 members (excludes halogenated alkanes) is 26. The first-order valence-electron chi connectivity index (χ1n) is 21.4. The second kappa shape index (κ2) is 34.3. The summed E-state index contributed by atoms with van der Waals surface area (Å²) >= 11 is 0. The van der Waals surface area contributed by atoms with E-state index in [2.05, 4.69) is 19.2 Å². The Morgan fingerprint density at radius 2 is 0.960 bits per heavy atom. The average Bonchev–Trinajstić information content (AvgIpc) is 3.06. The summed E-state index contributed by atoms with van der Waals surface area (Å²) in [6, 6.07) is -0.750. The molecular formula is C41H86N2O6P+. The Hall–Kier alpha value is -0.500. The van der Waals surface area contributed by atoms with E-state index < -0.39 is 20.0 Å². The number of nitrogens with zero attached hydrogens (tertiary/aromatic N) is 1.